The van der Waals surface area contributed by atoms with Gasteiger partial charge in [-0.2, -0.15) is 4.98 Å². The van der Waals surface area contributed by atoms with Gasteiger partial charge in [-0.1, -0.05) is 20.8 Å². The minimum atomic E-state index is -0.279. The number of aromatic nitrogens is 2. The fourth-order valence-electron chi connectivity index (χ4n) is 1.85. The van der Waals surface area contributed by atoms with Gasteiger partial charge in [-0.3, -0.25) is 0 Å². The maximum atomic E-state index is 13.6. The van der Waals surface area contributed by atoms with Gasteiger partial charge in [0, 0.05) is 11.8 Å². The fourth-order valence-corrected chi connectivity index (χ4v) is 1.85. The standard InChI is InChI=1S/C14H19FN2O/c1-8(2)18-13-10(14(3,4)5)6-9-11(15)7-16-12(9)17-13/h6-8H,1-5H3,(H,16,17). The maximum absolute atomic E-state index is 13.6. The Labute approximate surface area is 106 Å². The zero-order valence-corrected chi connectivity index (χ0v) is 11.5. The molecule has 0 aliphatic rings. The second-order valence-electron chi connectivity index (χ2n) is 5.79. The second-order valence-corrected chi connectivity index (χ2v) is 5.79. The summed E-state index contributed by atoms with van der Waals surface area (Å²) in [5, 5.41) is 0.510. The third kappa shape index (κ3) is 2.33. The molecule has 0 spiro atoms. The van der Waals surface area contributed by atoms with Crippen molar-refractivity contribution in [3.63, 3.8) is 0 Å². The van der Waals surface area contributed by atoms with Crippen molar-refractivity contribution in [1.82, 2.24) is 9.97 Å². The molecular formula is C14H19FN2O. The summed E-state index contributed by atoms with van der Waals surface area (Å²) in [6, 6.07) is 1.83. The van der Waals surface area contributed by atoms with E-state index in [4.69, 9.17) is 4.74 Å². The Morgan fingerprint density at radius 1 is 1.33 bits per heavy atom. The van der Waals surface area contributed by atoms with Crippen molar-refractivity contribution in [3.8, 4) is 5.88 Å². The Kier molecular flexibility index (Phi) is 3.05. The van der Waals surface area contributed by atoms with E-state index in [1.54, 1.807) is 0 Å². The molecule has 2 rings (SSSR count). The molecule has 0 amide bonds. The van der Waals surface area contributed by atoms with Crippen LogP contribution in [0, 0.1) is 5.82 Å². The molecule has 98 valence electrons. The van der Waals surface area contributed by atoms with Crippen molar-refractivity contribution in [3.05, 3.63) is 23.6 Å². The molecule has 4 heteroatoms. The molecule has 0 fully saturated rings. The fraction of sp³-hybridized carbons (Fsp3) is 0.500. The third-order valence-corrected chi connectivity index (χ3v) is 2.74. The summed E-state index contributed by atoms with van der Waals surface area (Å²) in [7, 11) is 0. The average Bonchev–Trinajstić information content (AvgIpc) is 2.56. The van der Waals surface area contributed by atoms with Gasteiger partial charge < -0.3 is 9.72 Å². The molecular weight excluding hydrogens is 231 g/mol. The topological polar surface area (TPSA) is 37.9 Å². The number of H-pyrrole nitrogens is 1. The van der Waals surface area contributed by atoms with Crippen LogP contribution in [0.1, 0.15) is 40.2 Å². The SMILES string of the molecule is CC(C)Oc1nc2[nH]cc(F)c2cc1C(C)(C)C. The van der Waals surface area contributed by atoms with Gasteiger partial charge in [0.25, 0.3) is 0 Å². The van der Waals surface area contributed by atoms with Crippen LogP contribution in [0.15, 0.2) is 12.3 Å². The number of nitrogens with zero attached hydrogens (tertiary/aromatic N) is 1. The zero-order valence-electron chi connectivity index (χ0n) is 11.5. The Hall–Kier alpha value is -1.58. The lowest BCUT2D eigenvalue weighted by Gasteiger charge is -2.23. The van der Waals surface area contributed by atoms with Crippen molar-refractivity contribution in [1.29, 1.82) is 0 Å². The molecule has 0 saturated carbocycles. The molecule has 0 aromatic carbocycles. The van der Waals surface area contributed by atoms with Crippen molar-refractivity contribution < 1.29 is 9.13 Å². The molecule has 0 bridgehead atoms. The highest BCUT2D eigenvalue weighted by Crippen LogP contribution is 2.33. The Bertz CT molecular complexity index is 567. The molecule has 0 atom stereocenters. The molecule has 0 unspecified atom stereocenters. The molecule has 1 N–H and O–H groups in total. The highest BCUT2D eigenvalue weighted by molar-refractivity contribution is 5.78. The van der Waals surface area contributed by atoms with Crippen LogP contribution >= 0.6 is 0 Å². The van der Waals surface area contributed by atoms with E-state index in [0.29, 0.717) is 16.9 Å². The quantitative estimate of drug-likeness (QED) is 0.880. The first-order valence-corrected chi connectivity index (χ1v) is 6.14. The third-order valence-electron chi connectivity index (χ3n) is 2.74. The second kappa shape index (κ2) is 4.26. The number of aromatic amines is 1. The molecule has 0 radical (unpaired) electrons. The van der Waals surface area contributed by atoms with Gasteiger partial charge in [-0.25, -0.2) is 4.39 Å². The van der Waals surface area contributed by atoms with Crippen LogP contribution in [0.4, 0.5) is 4.39 Å². The highest BCUT2D eigenvalue weighted by Gasteiger charge is 2.23. The highest BCUT2D eigenvalue weighted by atomic mass is 19.1. The minimum absolute atomic E-state index is 0.0378. The van der Waals surface area contributed by atoms with E-state index in [2.05, 4.69) is 30.7 Å². The Balaban J connectivity index is 2.65. The number of ether oxygens (including phenoxy) is 1. The van der Waals surface area contributed by atoms with E-state index in [1.165, 1.54) is 6.20 Å². The van der Waals surface area contributed by atoms with E-state index >= 15 is 0 Å². The normalized spacial score (nSPS) is 12.4. The van der Waals surface area contributed by atoms with Gasteiger partial charge in [0.05, 0.1) is 11.5 Å². The van der Waals surface area contributed by atoms with Crippen LogP contribution in [0.3, 0.4) is 0 Å². The molecule has 2 aromatic rings. The van der Waals surface area contributed by atoms with Crippen molar-refractivity contribution in [2.45, 2.75) is 46.1 Å². The summed E-state index contributed by atoms with van der Waals surface area (Å²) in [6.07, 6.45) is 1.36. The number of rotatable bonds is 2. The molecule has 0 aliphatic carbocycles. The van der Waals surface area contributed by atoms with Gasteiger partial charge >= 0.3 is 0 Å². The van der Waals surface area contributed by atoms with Gasteiger partial charge in [-0.15, -0.1) is 0 Å². The van der Waals surface area contributed by atoms with Crippen LogP contribution in [0.25, 0.3) is 11.0 Å². The van der Waals surface area contributed by atoms with E-state index in [-0.39, 0.29) is 17.3 Å². The monoisotopic (exact) mass is 250 g/mol. The van der Waals surface area contributed by atoms with E-state index in [1.807, 2.05) is 19.9 Å². The van der Waals surface area contributed by atoms with E-state index in [0.717, 1.165) is 5.56 Å². The summed E-state index contributed by atoms with van der Waals surface area (Å²) >= 11 is 0. The Morgan fingerprint density at radius 3 is 2.56 bits per heavy atom. The average molecular weight is 250 g/mol. The van der Waals surface area contributed by atoms with Crippen molar-refractivity contribution >= 4 is 11.0 Å². The molecule has 2 heterocycles. The predicted molar refractivity (Wildman–Crippen MR) is 70.5 cm³/mol. The molecule has 0 saturated heterocycles. The van der Waals surface area contributed by atoms with Crippen molar-refractivity contribution in [2.24, 2.45) is 0 Å². The number of halogens is 1. The summed E-state index contributed by atoms with van der Waals surface area (Å²) in [4.78, 5) is 7.20. The van der Waals surface area contributed by atoms with Crippen LogP contribution in [0.2, 0.25) is 0 Å². The molecule has 3 nitrogen and oxygen atoms in total. The summed E-state index contributed by atoms with van der Waals surface area (Å²) in [5.74, 6) is 0.297. The zero-order chi connectivity index (χ0) is 13.5. The first-order chi connectivity index (χ1) is 8.29. The van der Waals surface area contributed by atoms with Gasteiger partial charge in [-0.05, 0) is 25.3 Å². The van der Waals surface area contributed by atoms with Gasteiger partial charge in [0.1, 0.15) is 11.5 Å². The molecule has 2 aromatic heterocycles. The molecule has 0 aliphatic heterocycles. The number of hydrogen-bond acceptors (Lipinski definition) is 2. The lowest BCUT2D eigenvalue weighted by Crippen LogP contribution is -2.17. The largest absolute Gasteiger partial charge is 0.475 e. The number of nitrogens with one attached hydrogen (secondary N) is 1. The first-order valence-electron chi connectivity index (χ1n) is 6.14. The number of fused-ring (bicyclic) bond motifs is 1. The van der Waals surface area contributed by atoms with Crippen LogP contribution < -0.4 is 4.74 Å². The maximum Gasteiger partial charge on any atom is 0.219 e. The predicted octanol–water partition coefficient (Wildman–Crippen LogP) is 3.79. The minimum Gasteiger partial charge on any atom is -0.475 e. The summed E-state index contributed by atoms with van der Waals surface area (Å²) in [6.45, 7) is 10.1. The van der Waals surface area contributed by atoms with E-state index in [9.17, 15) is 4.39 Å². The van der Waals surface area contributed by atoms with Crippen LogP contribution in [-0.2, 0) is 5.41 Å². The van der Waals surface area contributed by atoms with Gasteiger partial charge in [0.15, 0.2) is 0 Å². The summed E-state index contributed by atoms with van der Waals surface area (Å²) < 4.78 is 19.3. The Morgan fingerprint density at radius 2 is 2.00 bits per heavy atom. The first kappa shape index (κ1) is 12.9. The molecule has 18 heavy (non-hydrogen) atoms. The lowest BCUT2D eigenvalue weighted by atomic mass is 9.87. The lowest BCUT2D eigenvalue weighted by molar-refractivity contribution is 0.227. The van der Waals surface area contributed by atoms with E-state index < -0.39 is 0 Å². The number of pyridine rings is 1. The van der Waals surface area contributed by atoms with Crippen molar-refractivity contribution in [2.75, 3.05) is 0 Å². The van der Waals surface area contributed by atoms with Crippen LogP contribution in [0.5, 0.6) is 5.88 Å². The smallest absolute Gasteiger partial charge is 0.219 e. The summed E-state index contributed by atoms with van der Waals surface area (Å²) in [5.41, 5.74) is 1.30. The van der Waals surface area contributed by atoms with Crippen LogP contribution in [-0.4, -0.2) is 16.1 Å². The van der Waals surface area contributed by atoms with Gasteiger partial charge in [0.2, 0.25) is 5.88 Å². The number of hydrogen-bond donors (Lipinski definition) is 1.